The largest absolute Gasteiger partial charge is 0.372 e. The first-order chi connectivity index (χ1) is 7.84. The quantitative estimate of drug-likeness (QED) is 0.797. The standard InChI is InChI=1S/C12H13N3O/c13-12(11-3-4-14-15-11)8-1-2-9-6-16-7-10(9)5-8/h1-5,12H,6-7,13H2,(H,14,15). The molecule has 3 rings (SSSR count). The van der Waals surface area contributed by atoms with E-state index in [1.165, 1.54) is 11.1 Å². The molecular formula is C12H13N3O. The molecule has 1 atom stereocenters. The number of nitrogens with zero attached hydrogens (tertiary/aromatic N) is 1. The van der Waals surface area contributed by atoms with Crippen LogP contribution in [0.3, 0.4) is 0 Å². The molecule has 0 bridgehead atoms. The van der Waals surface area contributed by atoms with E-state index >= 15 is 0 Å². The zero-order valence-corrected chi connectivity index (χ0v) is 8.81. The Hall–Kier alpha value is -1.65. The molecule has 0 amide bonds. The van der Waals surface area contributed by atoms with Crippen molar-refractivity contribution in [2.75, 3.05) is 0 Å². The average molecular weight is 215 g/mol. The molecule has 0 fully saturated rings. The maximum Gasteiger partial charge on any atom is 0.0725 e. The van der Waals surface area contributed by atoms with E-state index in [0.29, 0.717) is 6.61 Å². The summed E-state index contributed by atoms with van der Waals surface area (Å²) in [5.74, 6) is 0. The molecule has 1 aromatic carbocycles. The highest BCUT2D eigenvalue weighted by Crippen LogP contribution is 2.25. The molecule has 1 aliphatic heterocycles. The Bertz CT molecular complexity index is 493. The second-order valence-corrected chi connectivity index (χ2v) is 4.01. The van der Waals surface area contributed by atoms with E-state index in [1.807, 2.05) is 6.07 Å². The molecule has 0 aliphatic carbocycles. The summed E-state index contributed by atoms with van der Waals surface area (Å²) < 4.78 is 5.38. The second-order valence-electron chi connectivity index (χ2n) is 4.01. The van der Waals surface area contributed by atoms with Crippen molar-refractivity contribution in [2.24, 2.45) is 5.73 Å². The van der Waals surface area contributed by atoms with Crippen LogP contribution in [-0.4, -0.2) is 10.2 Å². The third-order valence-corrected chi connectivity index (χ3v) is 2.96. The van der Waals surface area contributed by atoms with Crippen LogP contribution in [0.15, 0.2) is 30.5 Å². The zero-order chi connectivity index (χ0) is 11.0. The molecule has 4 nitrogen and oxygen atoms in total. The third-order valence-electron chi connectivity index (χ3n) is 2.96. The SMILES string of the molecule is NC(c1ccc2c(c1)COC2)c1ccn[nH]1. The first kappa shape index (κ1) is 9.57. The van der Waals surface area contributed by atoms with E-state index in [-0.39, 0.29) is 6.04 Å². The molecular weight excluding hydrogens is 202 g/mol. The predicted octanol–water partition coefficient (Wildman–Crippen LogP) is 1.49. The fourth-order valence-electron chi connectivity index (χ4n) is 2.00. The maximum atomic E-state index is 6.14. The van der Waals surface area contributed by atoms with Gasteiger partial charge in [-0.25, -0.2) is 0 Å². The van der Waals surface area contributed by atoms with Crippen LogP contribution in [0, 0.1) is 0 Å². The zero-order valence-electron chi connectivity index (χ0n) is 8.81. The average Bonchev–Trinajstić information content (AvgIpc) is 2.98. The van der Waals surface area contributed by atoms with Gasteiger partial charge < -0.3 is 10.5 Å². The first-order valence-electron chi connectivity index (χ1n) is 5.29. The minimum atomic E-state index is -0.145. The van der Waals surface area contributed by atoms with Crippen LogP contribution in [0.25, 0.3) is 0 Å². The topological polar surface area (TPSA) is 63.9 Å². The summed E-state index contributed by atoms with van der Waals surface area (Å²) in [6.45, 7) is 1.41. The van der Waals surface area contributed by atoms with Gasteiger partial charge in [-0.3, -0.25) is 5.10 Å². The fourth-order valence-corrected chi connectivity index (χ4v) is 2.00. The third kappa shape index (κ3) is 1.52. The molecule has 3 N–H and O–H groups in total. The summed E-state index contributed by atoms with van der Waals surface area (Å²) in [4.78, 5) is 0. The van der Waals surface area contributed by atoms with Crippen molar-refractivity contribution >= 4 is 0 Å². The molecule has 2 heterocycles. The number of rotatable bonds is 2. The smallest absolute Gasteiger partial charge is 0.0725 e. The van der Waals surface area contributed by atoms with E-state index in [4.69, 9.17) is 10.5 Å². The van der Waals surface area contributed by atoms with Gasteiger partial charge in [0.25, 0.3) is 0 Å². The normalized spacial score (nSPS) is 16.1. The lowest BCUT2D eigenvalue weighted by Gasteiger charge is -2.11. The van der Waals surface area contributed by atoms with Crippen LogP contribution < -0.4 is 5.73 Å². The molecule has 1 unspecified atom stereocenters. The molecule has 1 aromatic heterocycles. The summed E-state index contributed by atoms with van der Waals surface area (Å²) in [6, 6.07) is 8.02. The summed E-state index contributed by atoms with van der Waals surface area (Å²) >= 11 is 0. The van der Waals surface area contributed by atoms with Crippen LogP contribution in [0.5, 0.6) is 0 Å². The van der Waals surface area contributed by atoms with Gasteiger partial charge in [-0.15, -0.1) is 0 Å². The minimum absolute atomic E-state index is 0.145. The number of H-pyrrole nitrogens is 1. The number of fused-ring (bicyclic) bond motifs is 1. The number of benzene rings is 1. The molecule has 0 saturated heterocycles. The van der Waals surface area contributed by atoms with Crippen LogP contribution in [-0.2, 0) is 18.0 Å². The van der Waals surface area contributed by atoms with Crippen LogP contribution in [0.4, 0.5) is 0 Å². The van der Waals surface area contributed by atoms with Crippen molar-refractivity contribution in [1.29, 1.82) is 0 Å². The maximum absolute atomic E-state index is 6.14. The Kier molecular flexibility index (Phi) is 2.23. The predicted molar refractivity (Wildman–Crippen MR) is 59.6 cm³/mol. The van der Waals surface area contributed by atoms with Crippen LogP contribution in [0.2, 0.25) is 0 Å². The van der Waals surface area contributed by atoms with Gasteiger partial charge in [-0.05, 0) is 22.8 Å². The van der Waals surface area contributed by atoms with Crippen molar-refractivity contribution < 1.29 is 4.74 Å². The lowest BCUT2D eigenvalue weighted by atomic mass is 10.00. The molecule has 0 spiro atoms. The van der Waals surface area contributed by atoms with E-state index in [1.54, 1.807) is 6.20 Å². The Balaban J connectivity index is 1.95. The van der Waals surface area contributed by atoms with Crippen LogP contribution >= 0.6 is 0 Å². The Morgan fingerprint density at radius 3 is 2.94 bits per heavy atom. The van der Waals surface area contributed by atoms with E-state index in [9.17, 15) is 0 Å². The molecule has 82 valence electrons. The van der Waals surface area contributed by atoms with E-state index in [0.717, 1.165) is 17.9 Å². The highest BCUT2D eigenvalue weighted by atomic mass is 16.5. The number of aromatic nitrogens is 2. The monoisotopic (exact) mass is 215 g/mol. The number of nitrogens with two attached hydrogens (primary N) is 1. The molecule has 0 radical (unpaired) electrons. The van der Waals surface area contributed by atoms with Crippen molar-refractivity contribution in [3.05, 3.63) is 52.8 Å². The summed E-state index contributed by atoms with van der Waals surface area (Å²) in [5, 5.41) is 6.81. The van der Waals surface area contributed by atoms with Crippen molar-refractivity contribution in [1.82, 2.24) is 10.2 Å². The number of nitrogens with one attached hydrogen (secondary N) is 1. The number of hydrogen-bond acceptors (Lipinski definition) is 3. The lowest BCUT2D eigenvalue weighted by Crippen LogP contribution is -2.12. The van der Waals surface area contributed by atoms with Gasteiger partial charge in [0, 0.05) is 6.20 Å². The van der Waals surface area contributed by atoms with Gasteiger partial charge in [-0.1, -0.05) is 18.2 Å². The van der Waals surface area contributed by atoms with Gasteiger partial charge in [0.05, 0.1) is 24.9 Å². The minimum Gasteiger partial charge on any atom is -0.372 e. The fraction of sp³-hybridized carbons (Fsp3) is 0.250. The van der Waals surface area contributed by atoms with Crippen molar-refractivity contribution in [3.8, 4) is 0 Å². The van der Waals surface area contributed by atoms with Crippen molar-refractivity contribution in [2.45, 2.75) is 19.3 Å². The number of ether oxygens (including phenoxy) is 1. The second kappa shape index (κ2) is 3.73. The molecule has 2 aromatic rings. The highest BCUT2D eigenvalue weighted by molar-refractivity contribution is 5.36. The summed E-state index contributed by atoms with van der Waals surface area (Å²) in [7, 11) is 0. The van der Waals surface area contributed by atoms with Gasteiger partial charge >= 0.3 is 0 Å². The van der Waals surface area contributed by atoms with Crippen LogP contribution in [0.1, 0.15) is 28.4 Å². The molecule has 1 aliphatic rings. The van der Waals surface area contributed by atoms with Gasteiger partial charge in [-0.2, -0.15) is 5.10 Å². The number of aromatic amines is 1. The summed E-state index contributed by atoms with van der Waals surface area (Å²) in [6.07, 6.45) is 1.71. The molecule has 4 heteroatoms. The highest BCUT2D eigenvalue weighted by Gasteiger charge is 2.15. The van der Waals surface area contributed by atoms with Crippen molar-refractivity contribution in [3.63, 3.8) is 0 Å². The van der Waals surface area contributed by atoms with E-state index in [2.05, 4.69) is 28.4 Å². The first-order valence-corrected chi connectivity index (χ1v) is 5.29. The Labute approximate surface area is 93.4 Å². The van der Waals surface area contributed by atoms with E-state index < -0.39 is 0 Å². The molecule has 16 heavy (non-hydrogen) atoms. The van der Waals surface area contributed by atoms with Gasteiger partial charge in [0.1, 0.15) is 0 Å². The van der Waals surface area contributed by atoms with Gasteiger partial charge in [0.2, 0.25) is 0 Å². The lowest BCUT2D eigenvalue weighted by molar-refractivity contribution is 0.134. The Morgan fingerprint density at radius 2 is 2.12 bits per heavy atom. The summed E-state index contributed by atoms with van der Waals surface area (Å²) in [5.41, 5.74) is 10.7. The number of hydrogen-bond donors (Lipinski definition) is 2. The Morgan fingerprint density at radius 1 is 1.25 bits per heavy atom. The van der Waals surface area contributed by atoms with Gasteiger partial charge in [0.15, 0.2) is 0 Å². The molecule has 0 saturated carbocycles.